The van der Waals surface area contributed by atoms with Crippen LogP contribution in [0, 0.1) is 6.92 Å². The number of anilines is 1. The quantitative estimate of drug-likeness (QED) is 0.426. The van der Waals surface area contributed by atoms with E-state index in [9.17, 15) is 4.79 Å². The van der Waals surface area contributed by atoms with Crippen molar-refractivity contribution in [3.63, 3.8) is 0 Å². The molecule has 2 aromatic carbocycles. The molecule has 1 amide bonds. The molecule has 1 atom stereocenters. The summed E-state index contributed by atoms with van der Waals surface area (Å²) in [5, 5.41) is 8.47. The van der Waals surface area contributed by atoms with Crippen LogP contribution >= 0.6 is 27.3 Å². The van der Waals surface area contributed by atoms with E-state index in [1.807, 2.05) is 43.3 Å². The maximum absolute atomic E-state index is 12.6. The highest BCUT2D eigenvalue weighted by Gasteiger charge is 2.33. The third-order valence-corrected chi connectivity index (χ3v) is 7.06. The number of hydrogen-bond acceptors (Lipinski definition) is 6. The van der Waals surface area contributed by atoms with Gasteiger partial charge in [0.1, 0.15) is 17.3 Å². The number of halogens is 1. The number of aromatic nitrogens is 3. The molecule has 158 valence electrons. The number of hydrogen-bond donors (Lipinski definition) is 1. The molecule has 0 bridgehead atoms. The molecule has 0 aliphatic carbocycles. The van der Waals surface area contributed by atoms with E-state index in [1.165, 1.54) is 11.3 Å². The molecular formula is C22H19BrN4O3S. The molecular weight excluding hydrogens is 480 g/mol. The van der Waals surface area contributed by atoms with E-state index < -0.39 is 0 Å². The summed E-state index contributed by atoms with van der Waals surface area (Å²) in [6, 6.07) is 11.7. The average molecular weight is 499 g/mol. The second kappa shape index (κ2) is 7.65. The number of benzene rings is 2. The van der Waals surface area contributed by atoms with Gasteiger partial charge in [-0.3, -0.25) is 4.79 Å². The van der Waals surface area contributed by atoms with Gasteiger partial charge in [0.25, 0.3) is 0 Å². The lowest BCUT2D eigenvalue weighted by Gasteiger charge is -2.24. The molecule has 7 nitrogen and oxygen atoms in total. The normalized spacial score (nSPS) is 15.6. The van der Waals surface area contributed by atoms with Crippen LogP contribution in [0.2, 0.25) is 0 Å². The second-order valence-electron chi connectivity index (χ2n) is 7.29. The monoisotopic (exact) mass is 498 g/mol. The second-order valence-corrected chi connectivity index (χ2v) is 9.15. The van der Waals surface area contributed by atoms with Crippen LogP contribution in [-0.4, -0.2) is 34.9 Å². The Kier molecular flexibility index (Phi) is 4.94. The maximum atomic E-state index is 12.6. The third kappa shape index (κ3) is 3.37. The van der Waals surface area contributed by atoms with Crippen molar-refractivity contribution in [3.05, 3.63) is 57.7 Å². The van der Waals surface area contributed by atoms with Crippen LogP contribution in [0.25, 0.3) is 15.3 Å². The number of aryl methyl sites for hydroxylation is 1. The number of carbonyl (C=O) groups is 1. The van der Waals surface area contributed by atoms with E-state index in [2.05, 4.69) is 21.2 Å². The number of carbonyl (C=O) groups excluding carboxylic acids is 1. The Morgan fingerprint density at radius 1 is 1.19 bits per heavy atom. The lowest BCUT2D eigenvalue weighted by Crippen LogP contribution is -2.25. The molecule has 0 saturated heterocycles. The van der Waals surface area contributed by atoms with Gasteiger partial charge in [0.05, 0.1) is 34.6 Å². The molecule has 5 rings (SSSR count). The van der Waals surface area contributed by atoms with Gasteiger partial charge in [0.15, 0.2) is 0 Å². The minimum atomic E-state index is -0.103. The van der Waals surface area contributed by atoms with Crippen molar-refractivity contribution in [2.45, 2.75) is 19.3 Å². The van der Waals surface area contributed by atoms with E-state index in [-0.39, 0.29) is 11.8 Å². The lowest BCUT2D eigenvalue weighted by atomic mass is 9.86. The van der Waals surface area contributed by atoms with Gasteiger partial charge in [-0.05, 0) is 58.7 Å². The summed E-state index contributed by atoms with van der Waals surface area (Å²) in [5.74, 6) is 2.06. The largest absolute Gasteiger partial charge is 0.497 e. The van der Waals surface area contributed by atoms with Gasteiger partial charge in [0, 0.05) is 17.9 Å². The first kappa shape index (κ1) is 20.0. The number of methoxy groups -OCH3 is 2. The maximum Gasteiger partial charge on any atom is 0.226 e. The number of thiazole rings is 1. The first-order valence-corrected chi connectivity index (χ1v) is 11.3. The summed E-state index contributed by atoms with van der Waals surface area (Å²) in [6.07, 6.45) is 0.356. The van der Waals surface area contributed by atoms with Crippen LogP contribution in [0.5, 0.6) is 11.5 Å². The molecule has 31 heavy (non-hydrogen) atoms. The Morgan fingerprint density at radius 2 is 2.03 bits per heavy atom. The molecule has 1 aliphatic rings. The van der Waals surface area contributed by atoms with Crippen molar-refractivity contribution >= 4 is 49.2 Å². The summed E-state index contributed by atoms with van der Waals surface area (Å²) >= 11 is 5.06. The fraction of sp³-hybridized carbons (Fsp3) is 0.227. The molecule has 0 unspecified atom stereocenters. The zero-order chi connectivity index (χ0) is 21.7. The molecule has 1 N–H and O–H groups in total. The van der Waals surface area contributed by atoms with E-state index in [4.69, 9.17) is 19.6 Å². The SMILES string of the molecule is COc1ccc2nc(-n3nc(C)c4c3NC(=O)C[C@H]4c3ccc(OC)c(Br)c3)sc2c1. The van der Waals surface area contributed by atoms with E-state index in [0.717, 1.165) is 43.0 Å². The summed E-state index contributed by atoms with van der Waals surface area (Å²) in [6.45, 7) is 1.97. The van der Waals surface area contributed by atoms with Gasteiger partial charge in [-0.25, -0.2) is 4.98 Å². The van der Waals surface area contributed by atoms with Crippen LogP contribution in [0.15, 0.2) is 40.9 Å². The predicted molar refractivity (Wildman–Crippen MR) is 124 cm³/mol. The fourth-order valence-electron chi connectivity index (χ4n) is 3.98. The van der Waals surface area contributed by atoms with Gasteiger partial charge < -0.3 is 14.8 Å². The molecule has 0 spiro atoms. The number of nitrogens with one attached hydrogen (secondary N) is 1. The van der Waals surface area contributed by atoms with E-state index >= 15 is 0 Å². The highest BCUT2D eigenvalue weighted by molar-refractivity contribution is 9.10. The van der Waals surface area contributed by atoms with Gasteiger partial charge in [0.2, 0.25) is 11.0 Å². The van der Waals surface area contributed by atoms with Crippen molar-refractivity contribution < 1.29 is 14.3 Å². The van der Waals surface area contributed by atoms with Gasteiger partial charge in [-0.2, -0.15) is 9.78 Å². The van der Waals surface area contributed by atoms with Crippen LogP contribution in [0.1, 0.15) is 29.2 Å². The van der Waals surface area contributed by atoms with Crippen molar-refractivity contribution in [2.75, 3.05) is 19.5 Å². The Balaban J connectivity index is 1.63. The number of fused-ring (bicyclic) bond motifs is 2. The van der Waals surface area contributed by atoms with Gasteiger partial charge in [-0.15, -0.1) is 0 Å². The molecule has 0 fully saturated rings. The van der Waals surface area contributed by atoms with E-state index in [1.54, 1.807) is 18.9 Å². The third-order valence-electron chi connectivity index (χ3n) is 5.45. The first-order chi connectivity index (χ1) is 15.0. The highest BCUT2D eigenvalue weighted by Crippen LogP contribution is 2.42. The molecule has 4 aromatic rings. The molecule has 0 saturated carbocycles. The van der Waals surface area contributed by atoms with Crippen LogP contribution in [-0.2, 0) is 4.79 Å². The van der Waals surface area contributed by atoms with Crippen molar-refractivity contribution in [2.24, 2.45) is 0 Å². The summed E-state index contributed by atoms with van der Waals surface area (Å²) < 4.78 is 14.3. The van der Waals surface area contributed by atoms with E-state index in [0.29, 0.717) is 17.4 Å². The fourth-order valence-corrected chi connectivity index (χ4v) is 5.49. The van der Waals surface area contributed by atoms with Crippen molar-refractivity contribution in [1.82, 2.24) is 14.8 Å². The topological polar surface area (TPSA) is 78.3 Å². The average Bonchev–Trinajstić information content (AvgIpc) is 3.33. The number of amides is 1. The van der Waals surface area contributed by atoms with Gasteiger partial charge >= 0.3 is 0 Å². The standard InChI is InChI=1S/C22H19BrN4O3S/c1-11-20-14(12-4-7-17(30-3)15(23)8-12)10-19(28)25-21(20)27(26-11)22-24-16-6-5-13(29-2)9-18(16)31-22/h4-9,14H,10H2,1-3H3,(H,25,28)/t14-/m0/s1. The highest BCUT2D eigenvalue weighted by atomic mass is 79.9. The zero-order valence-corrected chi connectivity index (χ0v) is 19.5. The minimum absolute atomic E-state index is 0.0478. The molecule has 2 aromatic heterocycles. The molecule has 3 heterocycles. The van der Waals surface area contributed by atoms with Crippen molar-refractivity contribution in [3.8, 4) is 16.6 Å². The summed E-state index contributed by atoms with van der Waals surface area (Å²) in [7, 11) is 3.28. The Morgan fingerprint density at radius 3 is 2.77 bits per heavy atom. The Labute approximate surface area is 191 Å². The zero-order valence-electron chi connectivity index (χ0n) is 17.1. The van der Waals surface area contributed by atoms with Crippen molar-refractivity contribution in [1.29, 1.82) is 0 Å². The van der Waals surface area contributed by atoms with Gasteiger partial charge in [-0.1, -0.05) is 17.4 Å². The summed E-state index contributed by atoms with van der Waals surface area (Å²) in [4.78, 5) is 17.4. The predicted octanol–water partition coefficient (Wildman–Crippen LogP) is 5.04. The number of rotatable bonds is 4. The first-order valence-electron chi connectivity index (χ1n) is 9.66. The molecule has 0 radical (unpaired) electrons. The lowest BCUT2D eigenvalue weighted by molar-refractivity contribution is -0.116. The number of ether oxygens (including phenoxy) is 2. The summed E-state index contributed by atoms with van der Waals surface area (Å²) in [5.41, 5.74) is 3.76. The van der Waals surface area contributed by atoms with Crippen LogP contribution in [0.4, 0.5) is 5.82 Å². The minimum Gasteiger partial charge on any atom is -0.497 e. The Bertz CT molecular complexity index is 1330. The number of nitrogens with zero attached hydrogens (tertiary/aromatic N) is 3. The van der Waals surface area contributed by atoms with Crippen LogP contribution in [0.3, 0.4) is 0 Å². The Hall–Kier alpha value is -2.91. The van der Waals surface area contributed by atoms with Crippen LogP contribution < -0.4 is 14.8 Å². The molecule has 1 aliphatic heterocycles. The molecule has 9 heteroatoms. The smallest absolute Gasteiger partial charge is 0.226 e.